The molecule has 4 nitrogen and oxygen atoms in total. The number of nitrogens with two attached hydrogens (primary N) is 1. The summed E-state index contributed by atoms with van der Waals surface area (Å²) >= 11 is 0. The van der Waals surface area contributed by atoms with Crippen molar-refractivity contribution in [1.82, 2.24) is 9.55 Å². The number of hydrogen-bond acceptors (Lipinski definition) is 3. The Kier molecular flexibility index (Phi) is 2.24. The SMILES string of the molecule is Cn1cnc(C(N)CC#N)c1. The molecule has 0 aromatic carbocycles. The van der Waals surface area contributed by atoms with Gasteiger partial charge in [-0.2, -0.15) is 5.26 Å². The molecule has 0 saturated heterocycles. The summed E-state index contributed by atoms with van der Waals surface area (Å²) in [4.78, 5) is 4.02. The van der Waals surface area contributed by atoms with Gasteiger partial charge < -0.3 is 10.3 Å². The first-order valence-electron chi connectivity index (χ1n) is 3.34. The highest BCUT2D eigenvalue weighted by atomic mass is 15.0. The highest BCUT2D eigenvalue weighted by Crippen LogP contribution is 2.08. The third kappa shape index (κ3) is 1.79. The summed E-state index contributed by atoms with van der Waals surface area (Å²) in [7, 11) is 1.87. The maximum Gasteiger partial charge on any atom is 0.0947 e. The molecule has 1 heterocycles. The van der Waals surface area contributed by atoms with E-state index in [-0.39, 0.29) is 6.04 Å². The smallest absolute Gasteiger partial charge is 0.0947 e. The monoisotopic (exact) mass is 150 g/mol. The van der Waals surface area contributed by atoms with E-state index >= 15 is 0 Å². The molecule has 0 saturated carbocycles. The van der Waals surface area contributed by atoms with Crippen LogP contribution < -0.4 is 5.73 Å². The summed E-state index contributed by atoms with van der Waals surface area (Å²) in [6.07, 6.45) is 3.81. The van der Waals surface area contributed by atoms with Gasteiger partial charge in [-0.25, -0.2) is 4.98 Å². The number of nitrogens with zero attached hydrogens (tertiary/aromatic N) is 3. The lowest BCUT2D eigenvalue weighted by molar-refractivity contribution is 0.724. The Balaban J connectivity index is 2.70. The van der Waals surface area contributed by atoms with E-state index in [2.05, 4.69) is 4.98 Å². The summed E-state index contributed by atoms with van der Waals surface area (Å²) in [6.45, 7) is 0. The molecule has 1 unspecified atom stereocenters. The van der Waals surface area contributed by atoms with Crippen LogP contribution in [0.4, 0.5) is 0 Å². The van der Waals surface area contributed by atoms with E-state index in [1.54, 1.807) is 6.33 Å². The molecule has 1 aromatic heterocycles. The Bertz CT molecular complexity index is 270. The number of hydrogen-bond donors (Lipinski definition) is 1. The Morgan fingerprint density at radius 3 is 3.09 bits per heavy atom. The summed E-state index contributed by atoms with van der Waals surface area (Å²) < 4.78 is 1.81. The van der Waals surface area contributed by atoms with Crippen molar-refractivity contribution >= 4 is 0 Å². The zero-order chi connectivity index (χ0) is 8.27. The third-order valence-electron chi connectivity index (χ3n) is 1.42. The fraction of sp³-hybridized carbons (Fsp3) is 0.429. The molecule has 0 amide bonds. The van der Waals surface area contributed by atoms with Gasteiger partial charge in [-0.3, -0.25) is 0 Å². The van der Waals surface area contributed by atoms with Crippen LogP contribution in [0, 0.1) is 11.3 Å². The highest BCUT2D eigenvalue weighted by molar-refractivity contribution is 5.04. The highest BCUT2D eigenvalue weighted by Gasteiger charge is 2.06. The molecule has 1 rings (SSSR count). The van der Waals surface area contributed by atoms with Gasteiger partial charge in [-0.05, 0) is 0 Å². The molecule has 0 aliphatic heterocycles. The molecule has 0 spiro atoms. The van der Waals surface area contributed by atoms with Gasteiger partial charge in [-0.1, -0.05) is 0 Å². The van der Waals surface area contributed by atoms with E-state index in [1.807, 2.05) is 23.9 Å². The topological polar surface area (TPSA) is 67.6 Å². The molecule has 1 aromatic rings. The predicted octanol–water partition coefficient (Wildman–Crippen LogP) is 0.334. The fourth-order valence-corrected chi connectivity index (χ4v) is 0.827. The van der Waals surface area contributed by atoms with Crippen LogP contribution in [0.5, 0.6) is 0 Å². The van der Waals surface area contributed by atoms with Crippen LogP contribution >= 0.6 is 0 Å². The van der Waals surface area contributed by atoms with E-state index in [4.69, 9.17) is 11.0 Å². The molecule has 4 heteroatoms. The van der Waals surface area contributed by atoms with Gasteiger partial charge in [0.15, 0.2) is 0 Å². The lowest BCUT2D eigenvalue weighted by Crippen LogP contribution is -2.09. The van der Waals surface area contributed by atoms with E-state index in [0.717, 1.165) is 5.69 Å². The minimum atomic E-state index is -0.249. The number of rotatable bonds is 2. The number of nitriles is 1. The number of aromatic nitrogens is 2. The maximum absolute atomic E-state index is 8.34. The molecule has 0 radical (unpaired) electrons. The minimum absolute atomic E-state index is 0.249. The van der Waals surface area contributed by atoms with Gasteiger partial charge >= 0.3 is 0 Å². The van der Waals surface area contributed by atoms with Crippen LogP contribution in [0.1, 0.15) is 18.2 Å². The largest absolute Gasteiger partial charge is 0.340 e. The van der Waals surface area contributed by atoms with Gasteiger partial charge in [0, 0.05) is 13.2 Å². The van der Waals surface area contributed by atoms with E-state index in [0.29, 0.717) is 6.42 Å². The zero-order valence-corrected chi connectivity index (χ0v) is 6.36. The molecule has 11 heavy (non-hydrogen) atoms. The first kappa shape index (κ1) is 7.76. The minimum Gasteiger partial charge on any atom is -0.340 e. The third-order valence-corrected chi connectivity index (χ3v) is 1.42. The molecule has 0 aliphatic carbocycles. The molecule has 2 N–H and O–H groups in total. The van der Waals surface area contributed by atoms with Crippen molar-refractivity contribution in [2.75, 3.05) is 0 Å². The first-order chi connectivity index (χ1) is 5.24. The van der Waals surface area contributed by atoms with Crippen molar-refractivity contribution < 1.29 is 0 Å². The summed E-state index contributed by atoms with van der Waals surface area (Å²) in [6, 6.07) is 1.75. The maximum atomic E-state index is 8.34. The van der Waals surface area contributed by atoms with Crippen LogP contribution in [-0.2, 0) is 7.05 Å². The van der Waals surface area contributed by atoms with Gasteiger partial charge in [0.2, 0.25) is 0 Å². The van der Waals surface area contributed by atoms with E-state index in [1.165, 1.54) is 0 Å². The quantitative estimate of drug-likeness (QED) is 0.660. The van der Waals surface area contributed by atoms with Gasteiger partial charge in [-0.15, -0.1) is 0 Å². The molecule has 58 valence electrons. The average molecular weight is 150 g/mol. The molecule has 1 atom stereocenters. The summed E-state index contributed by atoms with van der Waals surface area (Å²) in [5, 5.41) is 8.34. The predicted molar refractivity (Wildman–Crippen MR) is 40.4 cm³/mol. The number of imidazole rings is 1. The van der Waals surface area contributed by atoms with Crippen molar-refractivity contribution in [2.24, 2.45) is 12.8 Å². The molecular weight excluding hydrogens is 140 g/mol. The van der Waals surface area contributed by atoms with Gasteiger partial charge in [0.05, 0.1) is 30.6 Å². The normalized spacial score (nSPS) is 12.5. The van der Waals surface area contributed by atoms with Crippen molar-refractivity contribution in [2.45, 2.75) is 12.5 Å². The van der Waals surface area contributed by atoms with Crippen LogP contribution in [0.25, 0.3) is 0 Å². The Labute approximate surface area is 65.3 Å². The average Bonchev–Trinajstić information content (AvgIpc) is 2.36. The summed E-state index contributed by atoms with van der Waals surface area (Å²) in [5.41, 5.74) is 6.39. The van der Waals surface area contributed by atoms with Crippen LogP contribution in [-0.4, -0.2) is 9.55 Å². The second-order valence-electron chi connectivity index (χ2n) is 2.43. The Morgan fingerprint density at radius 1 is 1.91 bits per heavy atom. The molecule has 0 fully saturated rings. The van der Waals surface area contributed by atoms with Gasteiger partial charge in [0.1, 0.15) is 0 Å². The van der Waals surface area contributed by atoms with Gasteiger partial charge in [0.25, 0.3) is 0 Å². The van der Waals surface area contributed by atoms with Crippen molar-refractivity contribution in [3.8, 4) is 6.07 Å². The molecule has 0 aliphatic rings. The lowest BCUT2D eigenvalue weighted by Gasteiger charge is -2.00. The van der Waals surface area contributed by atoms with E-state index in [9.17, 15) is 0 Å². The van der Waals surface area contributed by atoms with Crippen LogP contribution in [0.3, 0.4) is 0 Å². The zero-order valence-electron chi connectivity index (χ0n) is 6.36. The van der Waals surface area contributed by atoms with Crippen molar-refractivity contribution in [3.63, 3.8) is 0 Å². The van der Waals surface area contributed by atoms with Crippen molar-refractivity contribution in [3.05, 3.63) is 18.2 Å². The summed E-state index contributed by atoms with van der Waals surface area (Å²) in [5.74, 6) is 0. The number of aryl methyl sites for hydroxylation is 1. The Morgan fingerprint density at radius 2 is 2.64 bits per heavy atom. The second-order valence-corrected chi connectivity index (χ2v) is 2.43. The van der Waals surface area contributed by atoms with Crippen LogP contribution in [0.15, 0.2) is 12.5 Å². The van der Waals surface area contributed by atoms with Crippen LogP contribution in [0.2, 0.25) is 0 Å². The first-order valence-corrected chi connectivity index (χ1v) is 3.34. The lowest BCUT2D eigenvalue weighted by atomic mass is 10.2. The second kappa shape index (κ2) is 3.17. The molecular formula is C7H10N4. The Hall–Kier alpha value is -1.34. The fourth-order valence-electron chi connectivity index (χ4n) is 0.827. The van der Waals surface area contributed by atoms with Crippen molar-refractivity contribution in [1.29, 1.82) is 5.26 Å². The molecule has 0 bridgehead atoms. The standard InChI is InChI=1S/C7H10N4/c1-11-4-7(10-5-11)6(9)2-3-8/h4-6H,2,9H2,1H3. The van der Waals surface area contributed by atoms with E-state index < -0.39 is 0 Å².